The van der Waals surface area contributed by atoms with Crippen molar-refractivity contribution in [2.45, 2.75) is 34.1 Å². The largest absolute Gasteiger partial charge is 0.385 e. The summed E-state index contributed by atoms with van der Waals surface area (Å²) in [7, 11) is 0. The number of nitrogens with zero attached hydrogens (tertiary/aromatic N) is 2. The van der Waals surface area contributed by atoms with Gasteiger partial charge in [-0.15, -0.1) is 12.4 Å². The molecule has 1 heterocycles. The standard InChI is InChI=1S/C14H25N3.ClH/c1-5-17(6-2)9-7-8-15-14-10-12(3)16-13(4)11-14;/h10-11H,5-9H2,1-4H3,(H,15,16);1H. The van der Waals surface area contributed by atoms with Crippen LogP contribution in [-0.4, -0.2) is 36.1 Å². The zero-order valence-corrected chi connectivity index (χ0v) is 12.8. The third-order valence-electron chi connectivity index (χ3n) is 2.96. The first-order chi connectivity index (χ1) is 8.15. The van der Waals surface area contributed by atoms with E-state index in [-0.39, 0.29) is 12.4 Å². The zero-order chi connectivity index (χ0) is 12.7. The number of aryl methyl sites for hydroxylation is 2. The van der Waals surface area contributed by atoms with Crippen LogP contribution in [-0.2, 0) is 0 Å². The molecule has 0 aromatic carbocycles. The first-order valence-electron chi connectivity index (χ1n) is 6.57. The number of hydrogen-bond donors (Lipinski definition) is 1. The second-order valence-electron chi connectivity index (χ2n) is 4.45. The van der Waals surface area contributed by atoms with E-state index in [1.54, 1.807) is 0 Å². The Hall–Kier alpha value is -0.800. The molecule has 1 rings (SSSR count). The summed E-state index contributed by atoms with van der Waals surface area (Å²) in [5.74, 6) is 0. The molecule has 0 fully saturated rings. The quantitative estimate of drug-likeness (QED) is 0.772. The molecule has 1 N–H and O–H groups in total. The van der Waals surface area contributed by atoms with Gasteiger partial charge in [-0.25, -0.2) is 0 Å². The lowest BCUT2D eigenvalue weighted by Crippen LogP contribution is -2.25. The Labute approximate surface area is 117 Å². The maximum atomic E-state index is 4.37. The number of pyridine rings is 1. The van der Waals surface area contributed by atoms with Gasteiger partial charge in [0.1, 0.15) is 0 Å². The van der Waals surface area contributed by atoms with E-state index in [1.165, 1.54) is 18.7 Å². The molecule has 0 unspecified atom stereocenters. The molecule has 0 aliphatic heterocycles. The molecule has 0 amide bonds. The minimum atomic E-state index is 0. The molecule has 4 heteroatoms. The van der Waals surface area contributed by atoms with Gasteiger partial charge in [0.2, 0.25) is 0 Å². The van der Waals surface area contributed by atoms with Gasteiger partial charge in [-0.05, 0) is 52.0 Å². The highest BCUT2D eigenvalue weighted by atomic mass is 35.5. The fourth-order valence-corrected chi connectivity index (χ4v) is 2.01. The molecular weight excluding hydrogens is 246 g/mol. The van der Waals surface area contributed by atoms with E-state index in [2.05, 4.69) is 41.2 Å². The van der Waals surface area contributed by atoms with Crippen molar-refractivity contribution in [3.8, 4) is 0 Å². The molecule has 0 aliphatic carbocycles. The SMILES string of the molecule is CCN(CC)CCCNc1cc(C)nc(C)c1.Cl. The Balaban J connectivity index is 0.00000289. The maximum absolute atomic E-state index is 4.37. The summed E-state index contributed by atoms with van der Waals surface area (Å²) in [5.41, 5.74) is 3.35. The topological polar surface area (TPSA) is 28.2 Å². The van der Waals surface area contributed by atoms with E-state index in [4.69, 9.17) is 0 Å². The molecule has 0 bridgehead atoms. The van der Waals surface area contributed by atoms with E-state index in [9.17, 15) is 0 Å². The average molecular weight is 272 g/mol. The molecule has 0 radical (unpaired) electrons. The Morgan fingerprint density at radius 2 is 1.67 bits per heavy atom. The van der Waals surface area contributed by atoms with Gasteiger partial charge in [-0.1, -0.05) is 13.8 Å². The Morgan fingerprint density at radius 1 is 1.11 bits per heavy atom. The number of rotatable bonds is 7. The number of nitrogens with one attached hydrogen (secondary N) is 1. The minimum absolute atomic E-state index is 0. The van der Waals surface area contributed by atoms with E-state index in [0.29, 0.717) is 0 Å². The lowest BCUT2D eigenvalue weighted by molar-refractivity contribution is 0.303. The summed E-state index contributed by atoms with van der Waals surface area (Å²) in [6.07, 6.45) is 1.18. The number of anilines is 1. The van der Waals surface area contributed by atoms with Crippen LogP contribution in [0.2, 0.25) is 0 Å². The van der Waals surface area contributed by atoms with E-state index in [0.717, 1.165) is 31.0 Å². The lowest BCUT2D eigenvalue weighted by Gasteiger charge is -2.18. The summed E-state index contributed by atoms with van der Waals surface area (Å²) in [6, 6.07) is 4.20. The second kappa shape index (κ2) is 9.17. The maximum Gasteiger partial charge on any atom is 0.0396 e. The molecule has 1 aromatic rings. The minimum Gasteiger partial charge on any atom is -0.385 e. The fraction of sp³-hybridized carbons (Fsp3) is 0.643. The highest BCUT2D eigenvalue weighted by Gasteiger charge is 1.99. The fourth-order valence-electron chi connectivity index (χ4n) is 2.01. The van der Waals surface area contributed by atoms with Gasteiger partial charge in [0, 0.05) is 23.6 Å². The predicted molar refractivity (Wildman–Crippen MR) is 81.9 cm³/mol. The molecular formula is C14H26ClN3. The summed E-state index contributed by atoms with van der Waals surface area (Å²) in [6.45, 7) is 13.0. The van der Waals surface area contributed by atoms with Crippen LogP contribution in [0, 0.1) is 13.8 Å². The van der Waals surface area contributed by atoms with Crippen LogP contribution < -0.4 is 5.32 Å². The van der Waals surface area contributed by atoms with Gasteiger partial charge in [0.05, 0.1) is 0 Å². The Kier molecular flexibility index (Phi) is 8.77. The predicted octanol–water partition coefficient (Wildman–Crippen LogP) is 3.26. The van der Waals surface area contributed by atoms with Crippen molar-refractivity contribution in [2.24, 2.45) is 0 Å². The van der Waals surface area contributed by atoms with Crippen LogP contribution in [0.15, 0.2) is 12.1 Å². The van der Waals surface area contributed by atoms with E-state index >= 15 is 0 Å². The molecule has 0 aliphatic rings. The third kappa shape index (κ3) is 6.22. The molecule has 1 aromatic heterocycles. The van der Waals surface area contributed by atoms with Crippen LogP contribution in [0.5, 0.6) is 0 Å². The number of hydrogen-bond acceptors (Lipinski definition) is 3. The van der Waals surface area contributed by atoms with Crippen LogP contribution in [0.3, 0.4) is 0 Å². The first kappa shape index (κ1) is 17.2. The monoisotopic (exact) mass is 271 g/mol. The highest BCUT2D eigenvalue weighted by molar-refractivity contribution is 5.85. The van der Waals surface area contributed by atoms with Crippen molar-refractivity contribution in [3.63, 3.8) is 0 Å². The second-order valence-corrected chi connectivity index (χ2v) is 4.45. The van der Waals surface area contributed by atoms with Crippen LogP contribution in [0.1, 0.15) is 31.7 Å². The van der Waals surface area contributed by atoms with E-state index < -0.39 is 0 Å². The summed E-state index contributed by atoms with van der Waals surface area (Å²) >= 11 is 0. The smallest absolute Gasteiger partial charge is 0.0396 e. The molecule has 18 heavy (non-hydrogen) atoms. The Bertz CT molecular complexity index is 318. The molecule has 0 atom stereocenters. The molecule has 0 saturated heterocycles. The number of aromatic nitrogens is 1. The van der Waals surface area contributed by atoms with Crippen molar-refractivity contribution in [2.75, 3.05) is 31.5 Å². The van der Waals surface area contributed by atoms with Gasteiger partial charge in [-0.2, -0.15) is 0 Å². The van der Waals surface area contributed by atoms with Gasteiger partial charge in [0.25, 0.3) is 0 Å². The van der Waals surface area contributed by atoms with Crippen molar-refractivity contribution in [1.82, 2.24) is 9.88 Å². The van der Waals surface area contributed by atoms with Crippen LogP contribution in [0.4, 0.5) is 5.69 Å². The van der Waals surface area contributed by atoms with Gasteiger partial charge in [-0.3, -0.25) is 4.98 Å². The molecule has 0 spiro atoms. The van der Waals surface area contributed by atoms with Gasteiger partial charge < -0.3 is 10.2 Å². The van der Waals surface area contributed by atoms with Crippen molar-refractivity contribution in [1.29, 1.82) is 0 Å². The molecule has 104 valence electrons. The van der Waals surface area contributed by atoms with Crippen molar-refractivity contribution in [3.05, 3.63) is 23.5 Å². The lowest BCUT2D eigenvalue weighted by atomic mass is 10.2. The summed E-state index contributed by atoms with van der Waals surface area (Å²) < 4.78 is 0. The summed E-state index contributed by atoms with van der Waals surface area (Å²) in [4.78, 5) is 6.82. The zero-order valence-electron chi connectivity index (χ0n) is 12.0. The van der Waals surface area contributed by atoms with Crippen LogP contribution in [0.25, 0.3) is 0 Å². The Morgan fingerprint density at radius 3 is 2.17 bits per heavy atom. The normalized spacial score (nSPS) is 10.3. The third-order valence-corrected chi connectivity index (χ3v) is 2.96. The van der Waals surface area contributed by atoms with Gasteiger partial charge >= 0.3 is 0 Å². The first-order valence-corrected chi connectivity index (χ1v) is 6.57. The highest BCUT2D eigenvalue weighted by Crippen LogP contribution is 2.10. The summed E-state index contributed by atoms with van der Waals surface area (Å²) in [5, 5.41) is 3.46. The molecule has 0 saturated carbocycles. The van der Waals surface area contributed by atoms with E-state index in [1.807, 2.05) is 13.8 Å². The molecule has 3 nitrogen and oxygen atoms in total. The van der Waals surface area contributed by atoms with Crippen LogP contribution >= 0.6 is 12.4 Å². The van der Waals surface area contributed by atoms with Crippen molar-refractivity contribution < 1.29 is 0 Å². The van der Waals surface area contributed by atoms with Gasteiger partial charge in [0.15, 0.2) is 0 Å². The van der Waals surface area contributed by atoms with Crippen molar-refractivity contribution >= 4 is 18.1 Å². The number of halogens is 1. The average Bonchev–Trinajstić information content (AvgIpc) is 2.28.